The van der Waals surface area contributed by atoms with E-state index in [1.165, 1.54) is 15.6 Å². The van der Waals surface area contributed by atoms with E-state index < -0.39 is 15.3 Å². The van der Waals surface area contributed by atoms with E-state index in [-0.39, 0.29) is 6.61 Å². The first-order valence-corrected chi connectivity index (χ1v) is 8.38. The molecule has 0 saturated carbocycles. The molecule has 0 fully saturated rings. The van der Waals surface area contributed by atoms with Gasteiger partial charge in [-0.25, -0.2) is 12.7 Å². The van der Waals surface area contributed by atoms with Crippen molar-refractivity contribution >= 4 is 21.4 Å². The minimum atomic E-state index is -3.22. The highest BCUT2D eigenvalue weighted by Gasteiger charge is 2.22. The van der Waals surface area contributed by atoms with E-state index in [0.29, 0.717) is 13.0 Å². The summed E-state index contributed by atoms with van der Waals surface area (Å²) >= 11 is 1.48. The van der Waals surface area contributed by atoms with Gasteiger partial charge in [0.2, 0.25) is 10.0 Å². The maximum Gasteiger partial charge on any atom is 0.216 e. The molecule has 1 rings (SSSR count). The average Bonchev–Trinajstić information content (AvgIpc) is 2.77. The molecule has 0 atom stereocenters. The summed E-state index contributed by atoms with van der Waals surface area (Å²) in [5.41, 5.74) is 0.935. The molecule has 0 aromatic carbocycles. The van der Waals surface area contributed by atoms with Crippen LogP contribution in [0.25, 0.3) is 0 Å². The predicted molar refractivity (Wildman–Crippen MR) is 78.4 cm³/mol. The molecule has 0 saturated heterocycles. The van der Waals surface area contributed by atoms with Crippen molar-refractivity contribution in [1.29, 1.82) is 0 Å². The molecule has 1 aromatic rings. The van der Waals surface area contributed by atoms with Crippen molar-refractivity contribution in [1.82, 2.24) is 4.31 Å². The maximum absolute atomic E-state index is 11.9. The van der Waals surface area contributed by atoms with Crippen LogP contribution in [-0.4, -0.2) is 36.7 Å². The Kier molecular flexibility index (Phi) is 6.01. The number of aliphatic hydroxyl groups is 1. The van der Waals surface area contributed by atoms with E-state index in [1.54, 1.807) is 20.9 Å². The highest BCUT2D eigenvalue weighted by molar-refractivity contribution is 7.89. The van der Waals surface area contributed by atoms with Crippen molar-refractivity contribution in [3.63, 3.8) is 0 Å². The van der Waals surface area contributed by atoms with Crippen LogP contribution in [0.1, 0.15) is 30.7 Å². The number of rotatable bonds is 5. The summed E-state index contributed by atoms with van der Waals surface area (Å²) in [5, 5.41) is 10.1. The third-order valence-electron chi connectivity index (χ3n) is 2.54. The summed E-state index contributed by atoms with van der Waals surface area (Å²) < 4.78 is 25.2. The van der Waals surface area contributed by atoms with E-state index in [1.807, 2.05) is 11.4 Å². The van der Waals surface area contributed by atoms with E-state index in [0.717, 1.165) is 10.4 Å². The highest BCUT2D eigenvalue weighted by atomic mass is 32.2. The van der Waals surface area contributed by atoms with E-state index in [4.69, 9.17) is 5.11 Å². The van der Waals surface area contributed by atoms with E-state index >= 15 is 0 Å². The molecule has 1 N–H and O–H groups in total. The van der Waals surface area contributed by atoms with Crippen LogP contribution in [-0.2, 0) is 16.6 Å². The number of hydrogen-bond acceptors (Lipinski definition) is 4. The molecule has 0 unspecified atom stereocenters. The number of thiophene rings is 1. The first kappa shape index (κ1) is 16.2. The van der Waals surface area contributed by atoms with Crippen molar-refractivity contribution in [3.05, 3.63) is 21.9 Å². The van der Waals surface area contributed by atoms with Crippen LogP contribution in [0, 0.1) is 11.8 Å². The molecule has 1 heterocycles. The van der Waals surface area contributed by atoms with Crippen LogP contribution in [0.2, 0.25) is 0 Å². The average molecular weight is 301 g/mol. The molecule has 19 heavy (non-hydrogen) atoms. The van der Waals surface area contributed by atoms with Crippen LogP contribution in [0.4, 0.5) is 0 Å². The zero-order valence-corrected chi connectivity index (χ0v) is 13.0. The lowest BCUT2D eigenvalue weighted by Crippen LogP contribution is -2.32. The number of aliphatic hydroxyl groups excluding tert-OH is 1. The summed E-state index contributed by atoms with van der Waals surface area (Å²) in [6, 6.07) is 1.89. The van der Waals surface area contributed by atoms with Crippen LogP contribution >= 0.6 is 11.3 Å². The Balaban J connectivity index is 2.72. The third-order valence-corrected chi connectivity index (χ3v) is 5.62. The molecule has 0 aliphatic carbocycles. The predicted octanol–water partition coefficient (Wildman–Crippen LogP) is 1.65. The van der Waals surface area contributed by atoms with Gasteiger partial charge in [-0.05, 0) is 30.9 Å². The first-order chi connectivity index (χ1) is 8.87. The smallest absolute Gasteiger partial charge is 0.216 e. The second-order valence-electron chi connectivity index (χ2n) is 4.44. The maximum atomic E-state index is 11.9. The minimum absolute atomic E-state index is 0.0562. The van der Waals surface area contributed by atoms with Gasteiger partial charge in [-0.3, -0.25) is 0 Å². The van der Waals surface area contributed by atoms with Crippen LogP contribution in [0.5, 0.6) is 0 Å². The Bertz CT molecular complexity index is 564. The molecular weight excluding hydrogens is 282 g/mol. The Morgan fingerprint density at radius 3 is 2.74 bits per heavy atom. The van der Waals surface area contributed by atoms with Gasteiger partial charge in [-0.15, -0.1) is 11.3 Å². The minimum Gasteiger partial charge on any atom is -0.395 e. The lowest BCUT2D eigenvalue weighted by molar-refractivity contribution is 0.305. The van der Waals surface area contributed by atoms with Crippen molar-refractivity contribution in [2.24, 2.45) is 0 Å². The monoisotopic (exact) mass is 301 g/mol. The molecular formula is C13H19NO3S2. The van der Waals surface area contributed by atoms with Crippen molar-refractivity contribution < 1.29 is 13.5 Å². The first-order valence-electron chi connectivity index (χ1n) is 6.00. The second kappa shape index (κ2) is 7.06. The molecule has 0 aliphatic rings. The highest BCUT2D eigenvalue weighted by Crippen LogP contribution is 2.17. The van der Waals surface area contributed by atoms with Gasteiger partial charge in [0.05, 0.1) is 16.7 Å². The third kappa shape index (κ3) is 4.62. The topological polar surface area (TPSA) is 57.6 Å². The molecule has 0 aliphatic heterocycles. The fourth-order valence-corrected chi connectivity index (χ4v) is 3.26. The molecule has 4 nitrogen and oxygen atoms in total. The molecule has 0 amide bonds. The van der Waals surface area contributed by atoms with Crippen LogP contribution in [0.15, 0.2) is 11.4 Å². The van der Waals surface area contributed by atoms with Crippen molar-refractivity contribution in [2.45, 2.75) is 32.1 Å². The Labute approximate surface area is 119 Å². The second-order valence-corrected chi connectivity index (χ2v) is 7.95. The molecule has 6 heteroatoms. The Morgan fingerprint density at radius 1 is 1.47 bits per heavy atom. The fraction of sp³-hybridized carbons (Fsp3) is 0.538. The van der Waals surface area contributed by atoms with Gasteiger partial charge in [-0.2, -0.15) is 0 Å². The summed E-state index contributed by atoms with van der Waals surface area (Å²) in [6.07, 6.45) is 0.453. The standard InChI is InChI=1S/C13H19NO3S2/c1-11(2)19(16,17)14(3)9-12-8-13(18-10-12)6-4-5-7-15/h8,10-11,15H,5,7,9H2,1-3H3. The van der Waals surface area contributed by atoms with Gasteiger partial charge in [0.15, 0.2) is 0 Å². The van der Waals surface area contributed by atoms with Crippen LogP contribution < -0.4 is 0 Å². The van der Waals surface area contributed by atoms with Crippen LogP contribution in [0.3, 0.4) is 0 Å². The SMILES string of the molecule is CC(C)S(=O)(=O)N(C)Cc1csc(C#CCCO)c1. The lowest BCUT2D eigenvalue weighted by atomic mass is 10.3. The van der Waals surface area contributed by atoms with E-state index in [2.05, 4.69) is 11.8 Å². The molecule has 0 radical (unpaired) electrons. The molecule has 1 aromatic heterocycles. The number of hydrogen-bond donors (Lipinski definition) is 1. The lowest BCUT2D eigenvalue weighted by Gasteiger charge is -2.18. The summed E-state index contributed by atoms with van der Waals surface area (Å²) in [4.78, 5) is 0.888. The molecule has 0 spiro atoms. The Hall–Kier alpha value is -0.870. The summed E-state index contributed by atoms with van der Waals surface area (Å²) in [7, 11) is -1.63. The zero-order valence-electron chi connectivity index (χ0n) is 11.4. The van der Waals surface area contributed by atoms with Gasteiger partial charge in [0.1, 0.15) is 0 Å². The summed E-state index contributed by atoms with van der Waals surface area (Å²) in [5.74, 6) is 5.79. The number of nitrogens with zero attached hydrogens (tertiary/aromatic N) is 1. The zero-order chi connectivity index (χ0) is 14.5. The molecule has 106 valence electrons. The fourth-order valence-electron chi connectivity index (χ4n) is 1.44. The van der Waals surface area contributed by atoms with Crippen molar-refractivity contribution in [2.75, 3.05) is 13.7 Å². The van der Waals surface area contributed by atoms with Gasteiger partial charge >= 0.3 is 0 Å². The number of sulfonamides is 1. The molecule has 0 bridgehead atoms. The van der Waals surface area contributed by atoms with Crippen molar-refractivity contribution in [3.8, 4) is 11.8 Å². The largest absolute Gasteiger partial charge is 0.395 e. The quantitative estimate of drug-likeness (QED) is 0.841. The normalized spacial score (nSPS) is 11.7. The summed E-state index contributed by atoms with van der Waals surface area (Å²) in [6.45, 7) is 3.76. The van der Waals surface area contributed by atoms with E-state index in [9.17, 15) is 8.42 Å². The van der Waals surface area contributed by atoms with Gasteiger partial charge < -0.3 is 5.11 Å². The van der Waals surface area contributed by atoms with Gasteiger partial charge in [0, 0.05) is 20.0 Å². The Morgan fingerprint density at radius 2 is 2.16 bits per heavy atom. The van der Waals surface area contributed by atoms with Gasteiger partial charge in [-0.1, -0.05) is 11.8 Å². The van der Waals surface area contributed by atoms with Gasteiger partial charge in [0.25, 0.3) is 0 Å².